The Morgan fingerprint density at radius 2 is 1.63 bits per heavy atom. The highest BCUT2D eigenvalue weighted by Gasteiger charge is 2.08. The van der Waals surface area contributed by atoms with Crippen molar-refractivity contribution in [3.63, 3.8) is 0 Å². The van der Waals surface area contributed by atoms with Gasteiger partial charge in [0.05, 0.1) is 14.2 Å². The standard InChI is InChI=1S/C14H13N3O2/c1-18-11-5-3-10(4-6-11)14-16-15-13-9-12(19-2)7-8-17(13)14/h3-9H,1-2H3. The second-order valence-electron chi connectivity index (χ2n) is 4.05. The van der Waals surface area contributed by atoms with Crippen molar-refractivity contribution in [3.8, 4) is 22.9 Å². The summed E-state index contributed by atoms with van der Waals surface area (Å²) in [6.07, 6.45) is 1.90. The first-order chi connectivity index (χ1) is 9.31. The average Bonchev–Trinajstić information content (AvgIpc) is 2.90. The summed E-state index contributed by atoms with van der Waals surface area (Å²) in [5.74, 6) is 2.38. The van der Waals surface area contributed by atoms with Gasteiger partial charge in [-0.2, -0.15) is 0 Å². The fourth-order valence-corrected chi connectivity index (χ4v) is 1.94. The lowest BCUT2D eigenvalue weighted by atomic mass is 10.2. The highest BCUT2D eigenvalue weighted by molar-refractivity contribution is 5.61. The molecule has 19 heavy (non-hydrogen) atoms. The number of aromatic nitrogens is 3. The second kappa shape index (κ2) is 4.61. The minimum atomic E-state index is 0.755. The molecule has 2 aromatic heterocycles. The van der Waals surface area contributed by atoms with E-state index in [9.17, 15) is 0 Å². The van der Waals surface area contributed by atoms with Gasteiger partial charge in [0.15, 0.2) is 11.5 Å². The number of fused-ring (bicyclic) bond motifs is 1. The van der Waals surface area contributed by atoms with Crippen LogP contribution in [0.1, 0.15) is 0 Å². The summed E-state index contributed by atoms with van der Waals surface area (Å²) in [4.78, 5) is 0. The van der Waals surface area contributed by atoms with Crippen molar-refractivity contribution >= 4 is 5.65 Å². The molecule has 0 spiro atoms. The topological polar surface area (TPSA) is 48.7 Å². The molecule has 2 heterocycles. The average molecular weight is 255 g/mol. The van der Waals surface area contributed by atoms with Crippen molar-refractivity contribution in [2.45, 2.75) is 0 Å². The van der Waals surface area contributed by atoms with E-state index in [-0.39, 0.29) is 0 Å². The van der Waals surface area contributed by atoms with E-state index in [0.717, 1.165) is 28.5 Å². The molecule has 3 aromatic rings. The molecular formula is C14H13N3O2. The first-order valence-corrected chi connectivity index (χ1v) is 5.85. The summed E-state index contributed by atoms with van der Waals surface area (Å²) in [7, 11) is 3.28. The fourth-order valence-electron chi connectivity index (χ4n) is 1.94. The molecule has 3 rings (SSSR count). The van der Waals surface area contributed by atoms with Crippen LogP contribution < -0.4 is 9.47 Å². The molecule has 0 bridgehead atoms. The van der Waals surface area contributed by atoms with Gasteiger partial charge in [-0.1, -0.05) is 0 Å². The molecular weight excluding hydrogens is 242 g/mol. The van der Waals surface area contributed by atoms with Gasteiger partial charge >= 0.3 is 0 Å². The normalized spacial score (nSPS) is 10.6. The van der Waals surface area contributed by atoms with E-state index in [0.29, 0.717) is 0 Å². The molecule has 0 N–H and O–H groups in total. The zero-order chi connectivity index (χ0) is 13.2. The second-order valence-corrected chi connectivity index (χ2v) is 4.05. The third-order valence-electron chi connectivity index (χ3n) is 2.97. The third-order valence-corrected chi connectivity index (χ3v) is 2.97. The summed E-state index contributed by atoms with van der Waals surface area (Å²) >= 11 is 0. The summed E-state index contributed by atoms with van der Waals surface area (Å²) in [6.45, 7) is 0. The largest absolute Gasteiger partial charge is 0.497 e. The molecule has 0 radical (unpaired) electrons. The van der Waals surface area contributed by atoms with Crippen molar-refractivity contribution in [2.24, 2.45) is 0 Å². The number of hydrogen-bond acceptors (Lipinski definition) is 4. The van der Waals surface area contributed by atoms with Crippen LogP contribution in [0.2, 0.25) is 0 Å². The van der Waals surface area contributed by atoms with E-state index in [1.165, 1.54) is 0 Å². The van der Waals surface area contributed by atoms with Crippen LogP contribution in [0.25, 0.3) is 17.0 Å². The highest BCUT2D eigenvalue weighted by atomic mass is 16.5. The van der Waals surface area contributed by atoms with Gasteiger partial charge in [0.1, 0.15) is 11.5 Å². The SMILES string of the molecule is COc1ccc(-c2nnc3cc(OC)ccn23)cc1. The molecule has 0 aliphatic rings. The van der Waals surface area contributed by atoms with Crippen molar-refractivity contribution in [1.29, 1.82) is 0 Å². The molecule has 5 nitrogen and oxygen atoms in total. The van der Waals surface area contributed by atoms with Gasteiger partial charge in [-0.15, -0.1) is 10.2 Å². The lowest BCUT2D eigenvalue weighted by Crippen LogP contribution is -1.91. The van der Waals surface area contributed by atoms with Crippen LogP contribution in [-0.4, -0.2) is 28.8 Å². The van der Waals surface area contributed by atoms with Crippen LogP contribution >= 0.6 is 0 Å². The van der Waals surface area contributed by atoms with Gasteiger partial charge in [-0.3, -0.25) is 4.40 Å². The van der Waals surface area contributed by atoms with Crippen molar-refractivity contribution in [1.82, 2.24) is 14.6 Å². The van der Waals surface area contributed by atoms with Crippen LogP contribution in [0.15, 0.2) is 42.6 Å². The molecule has 0 aliphatic carbocycles. The quantitative estimate of drug-likeness (QED) is 0.721. The van der Waals surface area contributed by atoms with Gasteiger partial charge in [0.25, 0.3) is 0 Å². The maximum Gasteiger partial charge on any atom is 0.168 e. The smallest absolute Gasteiger partial charge is 0.168 e. The Morgan fingerprint density at radius 1 is 0.895 bits per heavy atom. The molecule has 96 valence electrons. The molecule has 1 aromatic carbocycles. The maximum absolute atomic E-state index is 5.17. The molecule has 5 heteroatoms. The predicted molar refractivity (Wildman–Crippen MR) is 71.5 cm³/mol. The lowest BCUT2D eigenvalue weighted by molar-refractivity contribution is 0.414. The third kappa shape index (κ3) is 1.99. The van der Waals surface area contributed by atoms with Crippen LogP contribution in [0.3, 0.4) is 0 Å². The zero-order valence-electron chi connectivity index (χ0n) is 10.7. The van der Waals surface area contributed by atoms with Crippen molar-refractivity contribution < 1.29 is 9.47 Å². The number of ether oxygens (including phenoxy) is 2. The summed E-state index contributed by atoms with van der Waals surface area (Å²) < 4.78 is 12.2. The number of pyridine rings is 1. The first kappa shape index (κ1) is 11.5. The van der Waals surface area contributed by atoms with E-state index >= 15 is 0 Å². The van der Waals surface area contributed by atoms with E-state index in [4.69, 9.17) is 9.47 Å². The predicted octanol–water partition coefficient (Wildman–Crippen LogP) is 2.41. The lowest BCUT2D eigenvalue weighted by Gasteiger charge is -2.03. The number of rotatable bonds is 3. The molecule has 0 saturated carbocycles. The summed E-state index contributed by atoms with van der Waals surface area (Å²) in [6, 6.07) is 11.4. The van der Waals surface area contributed by atoms with Gasteiger partial charge in [-0.05, 0) is 30.3 Å². The monoisotopic (exact) mass is 255 g/mol. The van der Waals surface area contributed by atoms with Gasteiger partial charge in [0, 0.05) is 17.8 Å². The number of benzene rings is 1. The fraction of sp³-hybridized carbons (Fsp3) is 0.143. The van der Waals surface area contributed by atoms with E-state index in [2.05, 4.69) is 10.2 Å². The van der Waals surface area contributed by atoms with Crippen LogP contribution in [0.5, 0.6) is 11.5 Å². The van der Waals surface area contributed by atoms with E-state index in [1.54, 1.807) is 14.2 Å². The molecule has 0 aliphatic heterocycles. The Balaban J connectivity index is 2.09. The summed E-state index contributed by atoms with van der Waals surface area (Å²) in [5.41, 5.74) is 1.74. The Kier molecular flexibility index (Phi) is 2.79. The molecule has 0 saturated heterocycles. The Labute approximate surface area is 110 Å². The molecule has 0 atom stereocenters. The van der Waals surface area contributed by atoms with E-state index in [1.807, 2.05) is 47.0 Å². The van der Waals surface area contributed by atoms with Crippen LogP contribution in [0.4, 0.5) is 0 Å². The highest BCUT2D eigenvalue weighted by Crippen LogP contribution is 2.22. The Morgan fingerprint density at radius 3 is 2.32 bits per heavy atom. The van der Waals surface area contributed by atoms with Gasteiger partial charge in [-0.25, -0.2) is 0 Å². The number of nitrogens with zero attached hydrogens (tertiary/aromatic N) is 3. The van der Waals surface area contributed by atoms with Crippen molar-refractivity contribution in [2.75, 3.05) is 14.2 Å². The maximum atomic E-state index is 5.17. The van der Waals surface area contributed by atoms with Gasteiger partial charge in [0.2, 0.25) is 0 Å². The zero-order valence-corrected chi connectivity index (χ0v) is 10.7. The first-order valence-electron chi connectivity index (χ1n) is 5.85. The van der Waals surface area contributed by atoms with Crippen LogP contribution in [0, 0.1) is 0 Å². The van der Waals surface area contributed by atoms with Crippen molar-refractivity contribution in [3.05, 3.63) is 42.6 Å². The van der Waals surface area contributed by atoms with Crippen LogP contribution in [-0.2, 0) is 0 Å². The molecule has 0 amide bonds. The molecule has 0 unspecified atom stereocenters. The minimum absolute atomic E-state index is 0.755. The van der Waals surface area contributed by atoms with Gasteiger partial charge < -0.3 is 9.47 Å². The number of hydrogen-bond donors (Lipinski definition) is 0. The molecule has 0 fully saturated rings. The Hall–Kier alpha value is -2.56. The minimum Gasteiger partial charge on any atom is -0.497 e. The Bertz CT molecular complexity index is 704. The number of methoxy groups -OCH3 is 2. The summed E-state index contributed by atoms with van der Waals surface area (Å²) in [5, 5.41) is 8.36. The van der Waals surface area contributed by atoms with E-state index < -0.39 is 0 Å².